The molecule has 0 bridgehead atoms. The van der Waals surface area contributed by atoms with Crippen molar-refractivity contribution in [1.29, 1.82) is 0 Å². The van der Waals surface area contributed by atoms with Crippen molar-refractivity contribution < 1.29 is 54.1 Å². The third-order valence-electron chi connectivity index (χ3n) is 4.31. The van der Waals surface area contributed by atoms with Crippen LogP contribution >= 0.6 is 0 Å². The lowest BCUT2D eigenvalue weighted by Crippen LogP contribution is -2.61. The summed E-state index contributed by atoms with van der Waals surface area (Å²) in [4.78, 5) is 25.9. The Balaban J connectivity index is 1.64. The van der Waals surface area contributed by atoms with E-state index in [1.54, 1.807) is 0 Å². The van der Waals surface area contributed by atoms with Gasteiger partial charge in [0, 0.05) is 0 Å². The third kappa shape index (κ3) is 3.39. The van der Waals surface area contributed by atoms with Crippen molar-refractivity contribution in [1.82, 2.24) is 0 Å². The van der Waals surface area contributed by atoms with E-state index in [0.717, 1.165) is 0 Å². The number of fused-ring (bicyclic) bond motifs is 1. The van der Waals surface area contributed by atoms with Crippen molar-refractivity contribution in [2.45, 2.75) is 55.1 Å². The van der Waals surface area contributed by atoms with Crippen molar-refractivity contribution in [2.24, 2.45) is 0 Å². The largest absolute Gasteiger partial charge is 0.479 e. The van der Waals surface area contributed by atoms with E-state index in [2.05, 4.69) is 4.84 Å². The molecule has 0 aromatic rings. The smallest absolute Gasteiger partial charge is 0.335 e. The van der Waals surface area contributed by atoms with Gasteiger partial charge in [-0.3, -0.25) is 0 Å². The molecule has 25 heavy (non-hydrogen) atoms. The Kier molecular flexibility index (Phi) is 5.06. The summed E-state index contributed by atoms with van der Waals surface area (Å²) in [6.07, 6.45) is -12.0. The quantitative estimate of drug-likeness (QED) is 0.279. The van der Waals surface area contributed by atoms with Gasteiger partial charge < -0.3 is 44.2 Å². The first kappa shape index (κ1) is 18.2. The fourth-order valence-electron chi connectivity index (χ4n) is 3.08. The maximum absolute atomic E-state index is 11.1. The van der Waals surface area contributed by atoms with Crippen LogP contribution in [0.5, 0.6) is 0 Å². The van der Waals surface area contributed by atoms with Gasteiger partial charge in [0.25, 0.3) is 5.09 Å². The first-order valence-electron chi connectivity index (χ1n) is 7.42. The molecule has 0 saturated carbocycles. The van der Waals surface area contributed by atoms with Crippen LogP contribution in [0.4, 0.5) is 0 Å². The minimum Gasteiger partial charge on any atom is -0.479 e. The first-order valence-corrected chi connectivity index (χ1v) is 7.42. The summed E-state index contributed by atoms with van der Waals surface area (Å²) in [6, 6.07) is 0. The van der Waals surface area contributed by atoms with Crippen LogP contribution < -0.4 is 0 Å². The maximum Gasteiger partial charge on any atom is 0.335 e. The number of aliphatic carboxylic acids is 1. The van der Waals surface area contributed by atoms with Crippen LogP contribution in [0, 0.1) is 10.1 Å². The van der Waals surface area contributed by atoms with E-state index in [-0.39, 0.29) is 13.2 Å². The SMILES string of the molecule is O=C(O)[C@H]1O[C@@H](O[C@H]2CO[C@H]3[C@@H]2OC[C@H]3O[N+](=O)[O-])[C@H](O)[C@@H](O)[C@@H]1O. The number of hydrogen-bond donors (Lipinski definition) is 4. The molecular weight excluding hydrogens is 350 g/mol. The summed E-state index contributed by atoms with van der Waals surface area (Å²) in [5, 5.41) is 47.8. The lowest BCUT2D eigenvalue weighted by Gasteiger charge is -2.39. The van der Waals surface area contributed by atoms with E-state index in [4.69, 9.17) is 24.1 Å². The molecule has 0 aliphatic carbocycles. The van der Waals surface area contributed by atoms with Crippen LogP contribution in [0.15, 0.2) is 0 Å². The zero-order valence-electron chi connectivity index (χ0n) is 12.6. The monoisotopic (exact) mass is 367 g/mol. The fourth-order valence-corrected chi connectivity index (χ4v) is 3.08. The highest BCUT2D eigenvalue weighted by atomic mass is 17.0. The van der Waals surface area contributed by atoms with E-state index in [1.165, 1.54) is 0 Å². The summed E-state index contributed by atoms with van der Waals surface area (Å²) in [5.41, 5.74) is 0. The molecule has 0 spiro atoms. The fraction of sp³-hybridized carbons (Fsp3) is 0.917. The second-order valence-corrected chi connectivity index (χ2v) is 5.87. The number of nitrogens with zero attached hydrogens (tertiary/aromatic N) is 1. The highest BCUT2D eigenvalue weighted by Crippen LogP contribution is 2.33. The van der Waals surface area contributed by atoms with Gasteiger partial charge in [-0.1, -0.05) is 0 Å². The van der Waals surface area contributed by atoms with Crippen LogP contribution in [0.3, 0.4) is 0 Å². The minimum absolute atomic E-state index is 0.0735. The lowest BCUT2D eigenvalue weighted by molar-refractivity contribution is -0.769. The molecule has 3 heterocycles. The second-order valence-electron chi connectivity index (χ2n) is 5.87. The van der Waals surface area contributed by atoms with Gasteiger partial charge in [0.2, 0.25) is 0 Å². The summed E-state index contributed by atoms with van der Waals surface area (Å²) in [5.74, 6) is -1.54. The van der Waals surface area contributed by atoms with Gasteiger partial charge in [0.15, 0.2) is 18.5 Å². The molecule has 9 atom stereocenters. The molecule has 142 valence electrons. The van der Waals surface area contributed by atoms with E-state index in [9.17, 15) is 30.2 Å². The van der Waals surface area contributed by atoms with Gasteiger partial charge in [-0.2, -0.15) is 0 Å². The van der Waals surface area contributed by atoms with Gasteiger partial charge in [-0.25, -0.2) is 4.79 Å². The Morgan fingerprint density at radius 1 is 1.04 bits per heavy atom. The van der Waals surface area contributed by atoms with Gasteiger partial charge >= 0.3 is 5.97 Å². The highest BCUT2D eigenvalue weighted by molar-refractivity contribution is 5.73. The normalized spacial score (nSPS) is 46.6. The number of rotatable bonds is 5. The number of aliphatic hydroxyl groups is 3. The maximum atomic E-state index is 11.1. The zero-order chi connectivity index (χ0) is 18.3. The Morgan fingerprint density at radius 2 is 1.64 bits per heavy atom. The number of carbonyl (C=O) groups is 1. The van der Waals surface area contributed by atoms with Crippen molar-refractivity contribution in [3.63, 3.8) is 0 Å². The number of hydrogen-bond acceptors (Lipinski definition) is 11. The van der Waals surface area contributed by atoms with Crippen LogP contribution in [-0.2, 0) is 28.6 Å². The molecule has 3 rings (SSSR count). The molecule has 3 aliphatic heterocycles. The Hall–Kier alpha value is -1.61. The molecule has 0 unspecified atom stereocenters. The Labute approximate surface area is 139 Å². The first-order chi connectivity index (χ1) is 11.8. The molecular formula is C12H17NO12. The average Bonchev–Trinajstić information content (AvgIpc) is 3.11. The Bertz CT molecular complexity index is 530. The van der Waals surface area contributed by atoms with Gasteiger partial charge in [-0.05, 0) is 0 Å². The molecule has 4 N–H and O–H groups in total. The molecule has 3 saturated heterocycles. The van der Waals surface area contributed by atoms with Crippen molar-refractivity contribution in [3.05, 3.63) is 10.1 Å². The predicted molar refractivity (Wildman–Crippen MR) is 70.5 cm³/mol. The average molecular weight is 367 g/mol. The van der Waals surface area contributed by atoms with E-state index in [1.807, 2.05) is 0 Å². The second kappa shape index (κ2) is 6.95. The number of ether oxygens (including phenoxy) is 4. The van der Waals surface area contributed by atoms with E-state index < -0.39 is 66.2 Å². The van der Waals surface area contributed by atoms with Crippen LogP contribution in [0.1, 0.15) is 0 Å². The molecule has 0 amide bonds. The van der Waals surface area contributed by atoms with E-state index in [0.29, 0.717) is 0 Å². The van der Waals surface area contributed by atoms with Gasteiger partial charge in [0.05, 0.1) is 13.2 Å². The van der Waals surface area contributed by atoms with Crippen molar-refractivity contribution in [3.8, 4) is 0 Å². The standard InChI is InChI=1S/C12H17NO12/c14-5-6(15)10(11(17)18)24-12(7(5)16)23-3-1-21-9-4(25-13(19)20)2-22-8(3)9/h3-10,12,14-16H,1-2H2,(H,17,18)/t3-,4+,5-,6-,7+,8+,9+,10-,12+/m0/s1. The molecule has 13 nitrogen and oxygen atoms in total. The molecule has 3 fully saturated rings. The van der Waals surface area contributed by atoms with E-state index >= 15 is 0 Å². The molecule has 0 aromatic heterocycles. The van der Waals surface area contributed by atoms with Crippen LogP contribution in [0.25, 0.3) is 0 Å². The highest BCUT2D eigenvalue weighted by Gasteiger charge is 2.53. The minimum atomic E-state index is -1.83. The number of carboxylic acids is 1. The Morgan fingerprint density at radius 3 is 2.24 bits per heavy atom. The summed E-state index contributed by atoms with van der Waals surface area (Å²) < 4.78 is 21.2. The number of carboxylic acid groups (broad SMARTS) is 1. The number of aliphatic hydroxyl groups excluding tert-OH is 3. The third-order valence-corrected chi connectivity index (χ3v) is 4.31. The van der Waals surface area contributed by atoms with Crippen LogP contribution in [0.2, 0.25) is 0 Å². The van der Waals surface area contributed by atoms with Crippen LogP contribution in [-0.4, -0.2) is 99.8 Å². The topological polar surface area (TPSA) is 187 Å². The molecule has 13 heteroatoms. The molecule has 0 radical (unpaired) electrons. The van der Waals surface area contributed by atoms with Gasteiger partial charge in [-0.15, -0.1) is 10.1 Å². The van der Waals surface area contributed by atoms with Gasteiger partial charge in [0.1, 0.15) is 36.6 Å². The summed E-state index contributed by atoms with van der Waals surface area (Å²) in [6.45, 7) is -0.181. The summed E-state index contributed by atoms with van der Waals surface area (Å²) in [7, 11) is 0. The predicted octanol–water partition coefficient (Wildman–Crippen LogP) is -3.36. The zero-order valence-corrected chi connectivity index (χ0v) is 12.6. The summed E-state index contributed by atoms with van der Waals surface area (Å²) >= 11 is 0. The molecule has 3 aliphatic rings. The molecule has 0 aromatic carbocycles. The van der Waals surface area contributed by atoms with Crippen molar-refractivity contribution >= 4 is 5.97 Å². The lowest BCUT2D eigenvalue weighted by atomic mass is 9.99. The van der Waals surface area contributed by atoms with Crippen molar-refractivity contribution in [2.75, 3.05) is 13.2 Å².